The zero-order valence-electron chi connectivity index (χ0n) is 13.3. The first-order valence-electron chi connectivity index (χ1n) is 7.79. The number of hydrogen-bond donors (Lipinski definition) is 1. The van der Waals surface area contributed by atoms with Crippen molar-refractivity contribution < 1.29 is 17.9 Å². The molecule has 3 heterocycles. The molecule has 23 heavy (non-hydrogen) atoms. The van der Waals surface area contributed by atoms with Crippen molar-refractivity contribution in [2.75, 3.05) is 51.0 Å². The molecule has 1 spiro atoms. The Balaban J connectivity index is 1.60. The van der Waals surface area contributed by atoms with E-state index in [1.807, 2.05) is 18.2 Å². The summed E-state index contributed by atoms with van der Waals surface area (Å²) >= 11 is 0. The molecule has 2 saturated heterocycles. The molecule has 0 aromatic carbocycles. The quantitative estimate of drug-likeness (QED) is 0.862. The summed E-state index contributed by atoms with van der Waals surface area (Å²) in [4.78, 5) is 4.24. The van der Waals surface area contributed by atoms with Crippen LogP contribution in [0.15, 0.2) is 24.4 Å². The molecule has 1 aromatic rings. The van der Waals surface area contributed by atoms with Crippen LogP contribution in [0.25, 0.3) is 0 Å². The molecule has 2 aliphatic rings. The molecule has 0 amide bonds. The average molecular weight is 341 g/mol. The summed E-state index contributed by atoms with van der Waals surface area (Å²) < 4.78 is 36.8. The third-order valence-electron chi connectivity index (χ3n) is 4.31. The number of rotatable bonds is 4. The van der Waals surface area contributed by atoms with E-state index in [2.05, 4.69) is 10.3 Å². The van der Waals surface area contributed by atoms with Gasteiger partial charge < -0.3 is 14.8 Å². The van der Waals surface area contributed by atoms with Crippen LogP contribution >= 0.6 is 0 Å². The van der Waals surface area contributed by atoms with Gasteiger partial charge in [0.15, 0.2) is 0 Å². The smallest absolute Gasteiger partial charge is 0.211 e. The standard InChI is InChI=1S/C15H23N3O4S/c1-23(19,20)18-6-7-21-12-15(11-18)8-13(10-22-15)9-17-14-4-2-3-5-16-14/h2-5,13H,6-12H2,1H3,(H,16,17)/t13-,15-/m0/s1. The molecule has 0 radical (unpaired) electrons. The molecule has 1 aromatic heterocycles. The van der Waals surface area contributed by atoms with E-state index >= 15 is 0 Å². The predicted octanol–water partition coefficient (Wildman–Crippen LogP) is 0.561. The first-order valence-corrected chi connectivity index (χ1v) is 9.63. The van der Waals surface area contributed by atoms with Crippen molar-refractivity contribution in [3.8, 4) is 0 Å². The summed E-state index contributed by atoms with van der Waals surface area (Å²) in [6, 6.07) is 5.73. The number of ether oxygens (including phenoxy) is 2. The number of nitrogens with one attached hydrogen (secondary N) is 1. The van der Waals surface area contributed by atoms with Gasteiger partial charge in [-0.2, -0.15) is 4.31 Å². The van der Waals surface area contributed by atoms with E-state index in [0.717, 1.165) is 18.8 Å². The van der Waals surface area contributed by atoms with Gasteiger partial charge in [-0.15, -0.1) is 0 Å². The fourth-order valence-corrected chi connectivity index (χ4v) is 4.03. The van der Waals surface area contributed by atoms with E-state index in [-0.39, 0.29) is 0 Å². The zero-order valence-corrected chi connectivity index (χ0v) is 14.1. The maximum atomic E-state index is 11.9. The highest BCUT2D eigenvalue weighted by molar-refractivity contribution is 7.88. The van der Waals surface area contributed by atoms with Crippen LogP contribution in [0.5, 0.6) is 0 Å². The average Bonchev–Trinajstić information content (AvgIpc) is 2.78. The molecule has 2 atom stereocenters. The number of anilines is 1. The summed E-state index contributed by atoms with van der Waals surface area (Å²) in [5.74, 6) is 1.14. The van der Waals surface area contributed by atoms with E-state index < -0.39 is 15.6 Å². The van der Waals surface area contributed by atoms with Gasteiger partial charge in [0.05, 0.1) is 26.1 Å². The van der Waals surface area contributed by atoms with Gasteiger partial charge >= 0.3 is 0 Å². The van der Waals surface area contributed by atoms with E-state index in [9.17, 15) is 8.42 Å². The van der Waals surface area contributed by atoms with Crippen LogP contribution in [0.1, 0.15) is 6.42 Å². The molecule has 3 rings (SSSR count). The topological polar surface area (TPSA) is 80.8 Å². The molecule has 7 nitrogen and oxygen atoms in total. The zero-order chi connectivity index (χ0) is 16.3. The van der Waals surface area contributed by atoms with Crippen LogP contribution in [0.2, 0.25) is 0 Å². The van der Waals surface area contributed by atoms with Crippen molar-refractivity contribution >= 4 is 15.8 Å². The second-order valence-electron chi connectivity index (χ2n) is 6.31. The summed E-state index contributed by atoms with van der Waals surface area (Å²) in [5.41, 5.74) is -0.532. The Bertz CT molecular complexity index is 625. The van der Waals surface area contributed by atoms with E-state index in [1.165, 1.54) is 10.6 Å². The summed E-state index contributed by atoms with van der Waals surface area (Å²) in [6.07, 6.45) is 3.76. The van der Waals surface area contributed by atoms with Crippen LogP contribution in [0.3, 0.4) is 0 Å². The minimum atomic E-state index is -3.24. The van der Waals surface area contributed by atoms with Crippen LogP contribution in [-0.2, 0) is 19.5 Å². The third kappa shape index (κ3) is 4.20. The van der Waals surface area contributed by atoms with Gasteiger partial charge in [0.25, 0.3) is 0 Å². The molecule has 0 aliphatic carbocycles. The Morgan fingerprint density at radius 3 is 3.09 bits per heavy atom. The molecule has 1 N–H and O–H groups in total. The lowest BCUT2D eigenvalue weighted by Gasteiger charge is -2.29. The molecule has 128 valence electrons. The number of sulfonamides is 1. The Morgan fingerprint density at radius 2 is 2.35 bits per heavy atom. The van der Waals surface area contributed by atoms with E-state index in [1.54, 1.807) is 6.20 Å². The van der Waals surface area contributed by atoms with Gasteiger partial charge in [-0.05, 0) is 18.6 Å². The Labute approximate surface area is 137 Å². The lowest BCUT2D eigenvalue weighted by Crippen LogP contribution is -2.46. The number of nitrogens with zero attached hydrogens (tertiary/aromatic N) is 2. The van der Waals surface area contributed by atoms with Gasteiger partial charge in [-0.25, -0.2) is 13.4 Å². The molecular formula is C15H23N3O4S. The lowest BCUT2D eigenvalue weighted by molar-refractivity contribution is -0.0511. The summed E-state index contributed by atoms with van der Waals surface area (Å²) in [5, 5.41) is 3.30. The van der Waals surface area contributed by atoms with Crippen molar-refractivity contribution in [3.63, 3.8) is 0 Å². The molecule has 2 aliphatic heterocycles. The summed E-state index contributed by atoms with van der Waals surface area (Å²) in [7, 11) is -3.24. The first-order chi connectivity index (χ1) is 11.0. The van der Waals surface area contributed by atoms with Crippen LogP contribution < -0.4 is 5.32 Å². The first kappa shape index (κ1) is 16.6. The number of pyridine rings is 1. The van der Waals surface area contributed by atoms with E-state index in [0.29, 0.717) is 38.8 Å². The molecular weight excluding hydrogens is 318 g/mol. The highest BCUT2D eigenvalue weighted by Gasteiger charge is 2.44. The third-order valence-corrected chi connectivity index (χ3v) is 5.56. The van der Waals surface area contributed by atoms with Crippen LogP contribution in [-0.4, -0.2) is 69.0 Å². The Kier molecular flexibility index (Phi) is 4.86. The second-order valence-corrected chi connectivity index (χ2v) is 8.29. The number of aromatic nitrogens is 1. The molecule has 8 heteroatoms. The van der Waals surface area contributed by atoms with Gasteiger partial charge in [0.2, 0.25) is 10.0 Å². The normalized spacial score (nSPS) is 29.5. The largest absolute Gasteiger partial charge is 0.377 e. The molecule has 2 fully saturated rings. The molecule has 0 saturated carbocycles. The lowest BCUT2D eigenvalue weighted by atomic mass is 9.94. The maximum Gasteiger partial charge on any atom is 0.211 e. The van der Waals surface area contributed by atoms with Gasteiger partial charge in [-0.3, -0.25) is 0 Å². The fourth-order valence-electron chi connectivity index (χ4n) is 3.15. The minimum Gasteiger partial charge on any atom is -0.377 e. The SMILES string of the molecule is CS(=O)(=O)N1CCOC[C@]2(C[C@@H](CNc3ccccn3)CO2)C1. The molecule has 0 unspecified atom stereocenters. The van der Waals surface area contributed by atoms with Gasteiger partial charge in [0, 0.05) is 31.7 Å². The molecule has 0 bridgehead atoms. The Morgan fingerprint density at radius 1 is 1.48 bits per heavy atom. The van der Waals surface area contributed by atoms with Crippen molar-refractivity contribution in [2.45, 2.75) is 12.0 Å². The Hall–Kier alpha value is -1.22. The number of hydrogen-bond acceptors (Lipinski definition) is 6. The van der Waals surface area contributed by atoms with Crippen molar-refractivity contribution in [1.82, 2.24) is 9.29 Å². The van der Waals surface area contributed by atoms with E-state index in [4.69, 9.17) is 9.47 Å². The minimum absolute atomic E-state index is 0.306. The highest BCUT2D eigenvalue weighted by atomic mass is 32.2. The highest BCUT2D eigenvalue weighted by Crippen LogP contribution is 2.33. The van der Waals surface area contributed by atoms with Crippen molar-refractivity contribution in [2.24, 2.45) is 5.92 Å². The van der Waals surface area contributed by atoms with Crippen molar-refractivity contribution in [3.05, 3.63) is 24.4 Å². The van der Waals surface area contributed by atoms with Crippen molar-refractivity contribution in [1.29, 1.82) is 0 Å². The maximum absolute atomic E-state index is 11.9. The monoisotopic (exact) mass is 341 g/mol. The van der Waals surface area contributed by atoms with Crippen LogP contribution in [0.4, 0.5) is 5.82 Å². The van der Waals surface area contributed by atoms with Gasteiger partial charge in [-0.1, -0.05) is 6.07 Å². The second kappa shape index (κ2) is 6.72. The summed E-state index contributed by atoms with van der Waals surface area (Å²) in [6.45, 7) is 2.96. The van der Waals surface area contributed by atoms with Crippen LogP contribution in [0, 0.1) is 5.92 Å². The predicted molar refractivity (Wildman–Crippen MR) is 86.8 cm³/mol. The van der Waals surface area contributed by atoms with Gasteiger partial charge in [0.1, 0.15) is 11.4 Å². The fraction of sp³-hybridized carbons (Fsp3) is 0.667.